The summed E-state index contributed by atoms with van der Waals surface area (Å²) < 4.78 is 64.7. The maximum atomic E-state index is 12.1. The second kappa shape index (κ2) is 5.76. The first-order chi connectivity index (χ1) is 10.1. The van der Waals surface area contributed by atoms with E-state index in [4.69, 9.17) is 5.11 Å². The van der Waals surface area contributed by atoms with E-state index in [1.54, 1.807) is 0 Å². The normalized spacial score (nSPS) is 19.5. The van der Waals surface area contributed by atoms with Crippen LogP contribution in [0.25, 0.3) is 0 Å². The summed E-state index contributed by atoms with van der Waals surface area (Å²) in [5, 5.41) is 8.85. The monoisotopic (exact) mass is 339 g/mol. The van der Waals surface area contributed by atoms with Gasteiger partial charge in [0, 0.05) is 6.54 Å². The number of rotatable bonds is 5. The van der Waals surface area contributed by atoms with Gasteiger partial charge < -0.3 is 9.84 Å². The average Bonchev–Trinajstić information content (AvgIpc) is 2.26. The number of sulfonamides is 1. The van der Waals surface area contributed by atoms with Crippen molar-refractivity contribution >= 4 is 16.0 Å². The van der Waals surface area contributed by atoms with Crippen LogP contribution in [0.1, 0.15) is 12.0 Å². The Morgan fingerprint density at radius 3 is 2.32 bits per heavy atom. The fraction of sp³-hybridized carbons (Fsp3) is 0.417. The van der Waals surface area contributed by atoms with E-state index < -0.39 is 39.9 Å². The highest BCUT2D eigenvalue weighted by Crippen LogP contribution is 2.26. The molecule has 122 valence electrons. The number of carbonyl (C=O) groups is 1. The van der Waals surface area contributed by atoms with Crippen LogP contribution in [0.3, 0.4) is 0 Å². The number of carboxylic acids is 1. The molecular weight excluding hydrogens is 327 g/mol. The molecule has 1 unspecified atom stereocenters. The smallest absolute Gasteiger partial charge is 0.480 e. The van der Waals surface area contributed by atoms with Crippen LogP contribution in [0.2, 0.25) is 0 Å². The molecule has 1 saturated heterocycles. The van der Waals surface area contributed by atoms with Gasteiger partial charge in [-0.3, -0.25) is 4.79 Å². The van der Waals surface area contributed by atoms with Crippen LogP contribution in [-0.4, -0.2) is 42.7 Å². The van der Waals surface area contributed by atoms with Gasteiger partial charge in [0.2, 0.25) is 10.0 Å². The van der Waals surface area contributed by atoms with Gasteiger partial charge in [-0.2, -0.15) is 4.31 Å². The second-order valence-electron chi connectivity index (χ2n) is 4.70. The zero-order valence-corrected chi connectivity index (χ0v) is 11.9. The highest BCUT2D eigenvalue weighted by atomic mass is 32.2. The number of aliphatic carboxylic acids is 1. The van der Waals surface area contributed by atoms with Crippen LogP contribution in [0.15, 0.2) is 24.3 Å². The Balaban J connectivity index is 2.06. The van der Waals surface area contributed by atoms with Crippen LogP contribution >= 0.6 is 0 Å². The van der Waals surface area contributed by atoms with Gasteiger partial charge in [-0.25, -0.2) is 8.42 Å². The van der Waals surface area contributed by atoms with E-state index in [0.29, 0.717) is 0 Å². The van der Waals surface area contributed by atoms with Crippen molar-refractivity contribution in [1.29, 1.82) is 0 Å². The topological polar surface area (TPSA) is 83.9 Å². The van der Waals surface area contributed by atoms with Crippen LogP contribution in [0, 0.1) is 0 Å². The summed E-state index contributed by atoms with van der Waals surface area (Å²) in [5.41, 5.74) is 0.241. The van der Waals surface area contributed by atoms with Crippen molar-refractivity contribution in [1.82, 2.24) is 4.31 Å². The fourth-order valence-corrected chi connectivity index (χ4v) is 3.77. The largest absolute Gasteiger partial charge is 0.573 e. The van der Waals surface area contributed by atoms with E-state index in [9.17, 15) is 26.4 Å². The molecule has 1 aliphatic heterocycles. The molecule has 0 spiro atoms. The Morgan fingerprint density at radius 2 is 1.91 bits per heavy atom. The zero-order valence-electron chi connectivity index (χ0n) is 11.1. The Bertz CT molecular complexity index is 656. The van der Waals surface area contributed by atoms with E-state index in [2.05, 4.69) is 4.74 Å². The van der Waals surface area contributed by atoms with Gasteiger partial charge in [0.05, 0.1) is 5.75 Å². The molecule has 0 saturated carbocycles. The molecule has 0 amide bonds. The molecule has 1 N–H and O–H groups in total. The number of ether oxygens (including phenoxy) is 1. The summed E-state index contributed by atoms with van der Waals surface area (Å²) in [4.78, 5) is 10.8. The molecule has 1 aromatic rings. The number of alkyl halides is 3. The average molecular weight is 339 g/mol. The standard InChI is InChI=1S/C12H12F3NO5S/c13-12(14,15)21-9-3-1-8(2-4-9)7-22(19,20)16-6-5-10(16)11(17)18/h1-4,10H,5-7H2,(H,17,18). The summed E-state index contributed by atoms with van der Waals surface area (Å²) in [7, 11) is -3.83. The number of halogens is 3. The Labute approximate surface area is 124 Å². The lowest BCUT2D eigenvalue weighted by molar-refractivity contribution is -0.274. The maximum absolute atomic E-state index is 12.1. The molecule has 0 radical (unpaired) electrons. The van der Waals surface area contributed by atoms with Gasteiger partial charge in [0.15, 0.2) is 0 Å². The molecule has 22 heavy (non-hydrogen) atoms. The third kappa shape index (κ3) is 3.89. The van der Waals surface area contributed by atoms with Crippen molar-refractivity contribution in [3.8, 4) is 5.75 Å². The van der Waals surface area contributed by atoms with Gasteiger partial charge >= 0.3 is 12.3 Å². The molecule has 1 atom stereocenters. The summed E-state index contributed by atoms with van der Waals surface area (Å²) in [6, 6.07) is 3.31. The lowest BCUT2D eigenvalue weighted by Gasteiger charge is -2.36. The minimum absolute atomic E-state index is 0.120. The summed E-state index contributed by atoms with van der Waals surface area (Å²) in [6.45, 7) is 0.120. The van der Waals surface area contributed by atoms with Crippen molar-refractivity contribution in [2.45, 2.75) is 24.6 Å². The second-order valence-corrected chi connectivity index (χ2v) is 6.62. The summed E-state index contributed by atoms with van der Waals surface area (Å²) in [5.74, 6) is -2.16. The molecule has 6 nitrogen and oxygen atoms in total. The Hall–Kier alpha value is -1.81. The van der Waals surface area contributed by atoms with E-state index in [0.717, 1.165) is 16.4 Å². The van der Waals surface area contributed by atoms with Crippen LogP contribution in [0.4, 0.5) is 13.2 Å². The van der Waals surface area contributed by atoms with Crippen molar-refractivity contribution in [3.63, 3.8) is 0 Å². The number of hydrogen-bond donors (Lipinski definition) is 1. The molecular formula is C12H12F3NO5S. The summed E-state index contributed by atoms with van der Waals surface area (Å²) in [6.07, 6.45) is -4.58. The molecule has 0 aromatic heterocycles. The van der Waals surface area contributed by atoms with Crippen LogP contribution in [-0.2, 0) is 20.6 Å². The Kier molecular flexibility index (Phi) is 4.34. The highest BCUT2D eigenvalue weighted by molar-refractivity contribution is 7.88. The molecule has 1 aromatic carbocycles. The van der Waals surface area contributed by atoms with Gasteiger partial charge in [-0.15, -0.1) is 13.2 Å². The van der Waals surface area contributed by atoms with Gasteiger partial charge in [0.25, 0.3) is 0 Å². The lowest BCUT2D eigenvalue weighted by Crippen LogP contribution is -2.55. The third-order valence-corrected chi connectivity index (χ3v) is 4.97. The lowest BCUT2D eigenvalue weighted by atomic mass is 10.1. The minimum Gasteiger partial charge on any atom is -0.480 e. The highest BCUT2D eigenvalue weighted by Gasteiger charge is 2.42. The first kappa shape index (κ1) is 16.6. The number of hydrogen-bond acceptors (Lipinski definition) is 4. The molecule has 1 heterocycles. The molecule has 2 rings (SSSR count). The molecule has 0 bridgehead atoms. The molecule has 1 fully saturated rings. The van der Waals surface area contributed by atoms with Crippen LogP contribution < -0.4 is 4.74 Å². The number of nitrogens with zero attached hydrogens (tertiary/aromatic N) is 1. The molecule has 10 heteroatoms. The van der Waals surface area contributed by atoms with Crippen molar-refractivity contribution in [2.75, 3.05) is 6.54 Å². The van der Waals surface area contributed by atoms with Crippen LogP contribution in [0.5, 0.6) is 5.75 Å². The third-order valence-electron chi connectivity index (χ3n) is 3.12. The quantitative estimate of drug-likeness (QED) is 0.880. The van der Waals surface area contributed by atoms with Crippen molar-refractivity contribution in [2.24, 2.45) is 0 Å². The molecule has 0 aliphatic carbocycles. The minimum atomic E-state index is -4.82. The predicted molar refractivity (Wildman–Crippen MR) is 68.5 cm³/mol. The fourth-order valence-electron chi connectivity index (χ4n) is 2.02. The molecule has 1 aliphatic rings. The van der Waals surface area contributed by atoms with E-state index in [-0.39, 0.29) is 18.5 Å². The van der Waals surface area contributed by atoms with E-state index in [1.165, 1.54) is 12.1 Å². The van der Waals surface area contributed by atoms with E-state index in [1.807, 2.05) is 0 Å². The van der Waals surface area contributed by atoms with Gasteiger partial charge in [-0.1, -0.05) is 12.1 Å². The first-order valence-corrected chi connectivity index (χ1v) is 7.76. The van der Waals surface area contributed by atoms with Crippen molar-refractivity contribution < 1.29 is 36.2 Å². The predicted octanol–water partition coefficient (Wildman–Crippen LogP) is 1.57. The zero-order chi connectivity index (χ0) is 16.5. The SMILES string of the molecule is O=C(O)C1CCN1S(=O)(=O)Cc1ccc(OC(F)(F)F)cc1. The van der Waals surface area contributed by atoms with E-state index >= 15 is 0 Å². The first-order valence-electron chi connectivity index (χ1n) is 6.15. The Morgan fingerprint density at radius 1 is 1.32 bits per heavy atom. The summed E-state index contributed by atoms with van der Waals surface area (Å²) >= 11 is 0. The van der Waals surface area contributed by atoms with Gasteiger partial charge in [0.1, 0.15) is 11.8 Å². The number of benzene rings is 1. The maximum Gasteiger partial charge on any atom is 0.573 e. The van der Waals surface area contributed by atoms with Crippen molar-refractivity contribution in [3.05, 3.63) is 29.8 Å². The number of carboxylic acid groups (broad SMARTS) is 1. The van der Waals surface area contributed by atoms with Gasteiger partial charge in [-0.05, 0) is 24.1 Å².